The van der Waals surface area contributed by atoms with Crippen LogP contribution in [0.15, 0.2) is 36.4 Å². The fraction of sp³-hybridized carbons (Fsp3) is 0.500. The third kappa shape index (κ3) is 6.61. The normalized spacial score (nSPS) is 18.0. The van der Waals surface area contributed by atoms with Crippen molar-refractivity contribution in [2.24, 2.45) is 5.92 Å². The molecule has 0 saturated carbocycles. The summed E-state index contributed by atoms with van der Waals surface area (Å²) in [5.41, 5.74) is 2.51. The Morgan fingerprint density at radius 3 is 1.92 bits per heavy atom. The van der Waals surface area contributed by atoms with Gasteiger partial charge in [0, 0.05) is 29.2 Å². The Bertz CT molecular complexity index is 1120. The molecule has 6 nitrogen and oxygen atoms in total. The lowest BCUT2D eigenvalue weighted by Gasteiger charge is -2.28. The van der Waals surface area contributed by atoms with Crippen molar-refractivity contribution in [3.8, 4) is 5.75 Å². The number of hydrogen-bond donors (Lipinski definition) is 3. The topological polar surface area (TPSA) is 102 Å². The van der Waals surface area contributed by atoms with Gasteiger partial charge in [-0.3, -0.25) is 10.2 Å². The van der Waals surface area contributed by atoms with E-state index in [0.29, 0.717) is 17.9 Å². The van der Waals surface area contributed by atoms with Gasteiger partial charge in [-0.2, -0.15) is 0 Å². The van der Waals surface area contributed by atoms with Crippen molar-refractivity contribution >= 4 is 34.6 Å². The van der Waals surface area contributed by atoms with E-state index in [4.69, 9.17) is 5.41 Å². The van der Waals surface area contributed by atoms with Crippen LogP contribution in [-0.4, -0.2) is 45.8 Å². The molecular weight excluding hydrogens is 532 g/mol. The van der Waals surface area contributed by atoms with E-state index in [0.717, 1.165) is 29.5 Å². The zero-order valence-electron chi connectivity index (χ0n) is 23.0. The van der Waals surface area contributed by atoms with Crippen molar-refractivity contribution in [2.75, 3.05) is 13.1 Å². The van der Waals surface area contributed by atoms with Crippen molar-refractivity contribution in [1.29, 1.82) is 5.41 Å². The van der Waals surface area contributed by atoms with Crippen LogP contribution in [0, 0.1) is 11.3 Å². The molecule has 2 aromatic carbocycles. The molecule has 1 aliphatic heterocycles. The summed E-state index contributed by atoms with van der Waals surface area (Å²) in [7, 11) is 0. The molecular formula is C30H41BrN2O4. The Morgan fingerprint density at radius 1 is 0.973 bits per heavy atom. The Balaban J connectivity index is 0.00000481. The number of carbonyl (C=O) groups excluding carboxylic acids is 1. The number of carboxylic acid groups (broad SMARTS) is 1. The molecule has 1 heterocycles. The number of aromatic carboxylic acids is 1. The van der Waals surface area contributed by atoms with Crippen LogP contribution in [0.25, 0.3) is 0 Å². The summed E-state index contributed by atoms with van der Waals surface area (Å²) in [6, 6.07) is 10.4. The number of likely N-dealkylation sites (tertiary alicyclic amines) is 1. The molecule has 202 valence electrons. The van der Waals surface area contributed by atoms with Crippen LogP contribution in [0.4, 0.5) is 0 Å². The average Bonchev–Trinajstić information content (AvgIpc) is 3.07. The number of nitrogens with zero attached hydrogens (tertiary/aromatic N) is 1. The molecule has 37 heavy (non-hydrogen) atoms. The van der Waals surface area contributed by atoms with Crippen molar-refractivity contribution < 1.29 is 19.8 Å². The number of aromatic hydroxyl groups is 1. The van der Waals surface area contributed by atoms with Crippen molar-refractivity contribution in [3.05, 3.63) is 64.2 Å². The van der Waals surface area contributed by atoms with Crippen LogP contribution in [0.5, 0.6) is 5.75 Å². The largest absolute Gasteiger partial charge is 0.507 e. The maximum Gasteiger partial charge on any atom is 0.335 e. The third-order valence-corrected chi connectivity index (χ3v) is 7.12. The maximum atomic E-state index is 13.6. The number of nitrogens with one attached hydrogen (secondary N) is 1. The van der Waals surface area contributed by atoms with Crippen molar-refractivity contribution in [1.82, 2.24) is 4.90 Å². The molecule has 2 atom stereocenters. The number of ketones is 1. The number of hydrogen-bond acceptors (Lipinski definition) is 4. The van der Waals surface area contributed by atoms with E-state index in [2.05, 4.69) is 6.92 Å². The van der Waals surface area contributed by atoms with Crippen LogP contribution in [0.1, 0.15) is 105 Å². The van der Waals surface area contributed by atoms with E-state index in [-0.39, 0.29) is 63.3 Å². The number of Topliss-reactive ketones (excluding diaryl/α,β-unsaturated/α-hetero) is 1. The first kappa shape index (κ1) is 30.6. The molecule has 0 aliphatic carbocycles. The van der Waals surface area contributed by atoms with E-state index < -0.39 is 5.97 Å². The first-order valence-electron chi connectivity index (χ1n) is 12.7. The Kier molecular flexibility index (Phi) is 9.40. The molecule has 3 N–H and O–H groups in total. The summed E-state index contributed by atoms with van der Waals surface area (Å²) in [4.78, 5) is 26.7. The van der Waals surface area contributed by atoms with Gasteiger partial charge in [0.2, 0.25) is 0 Å². The summed E-state index contributed by atoms with van der Waals surface area (Å²) in [5.74, 6) is -0.396. The Labute approximate surface area is 231 Å². The van der Waals surface area contributed by atoms with Gasteiger partial charge in [-0.05, 0) is 53.0 Å². The molecule has 3 rings (SSSR count). The van der Waals surface area contributed by atoms with Crippen LogP contribution in [0.2, 0.25) is 0 Å². The highest BCUT2D eigenvalue weighted by molar-refractivity contribution is 8.93. The summed E-state index contributed by atoms with van der Waals surface area (Å²) in [5, 5.41) is 29.2. The molecule has 0 aromatic heterocycles. The maximum absolute atomic E-state index is 13.6. The van der Waals surface area contributed by atoms with Gasteiger partial charge < -0.3 is 15.1 Å². The fourth-order valence-electron chi connectivity index (χ4n) is 5.15. The second kappa shape index (κ2) is 11.4. The first-order valence-corrected chi connectivity index (χ1v) is 12.7. The molecule has 0 unspecified atom stereocenters. The molecule has 7 heteroatoms. The lowest BCUT2D eigenvalue weighted by molar-refractivity contribution is 0.0696. The minimum atomic E-state index is -0.974. The third-order valence-electron chi connectivity index (χ3n) is 7.12. The molecule has 0 amide bonds. The highest BCUT2D eigenvalue weighted by atomic mass is 79.9. The molecule has 0 bridgehead atoms. The molecule has 2 aromatic rings. The second-order valence-electron chi connectivity index (χ2n) is 12.1. The van der Waals surface area contributed by atoms with Gasteiger partial charge in [-0.25, -0.2) is 4.79 Å². The zero-order chi connectivity index (χ0) is 27.0. The first-order chi connectivity index (χ1) is 16.6. The van der Waals surface area contributed by atoms with Crippen molar-refractivity contribution in [3.63, 3.8) is 0 Å². The molecule has 1 aliphatic rings. The molecule has 0 radical (unpaired) electrons. The number of amidine groups is 1. The quantitative estimate of drug-likeness (QED) is 0.312. The number of rotatable bonds is 7. The second-order valence-corrected chi connectivity index (χ2v) is 12.1. The van der Waals surface area contributed by atoms with Gasteiger partial charge in [0.15, 0.2) is 5.78 Å². The number of phenols is 1. The van der Waals surface area contributed by atoms with Gasteiger partial charge in [-0.1, -0.05) is 67.0 Å². The lowest BCUT2D eigenvalue weighted by atomic mass is 9.78. The van der Waals surface area contributed by atoms with Crippen LogP contribution in [0.3, 0.4) is 0 Å². The van der Waals surface area contributed by atoms with Gasteiger partial charge in [-0.15, -0.1) is 17.0 Å². The minimum absolute atomic E-state index is 0. The summed E-state index contributed by atoms with van der Waals surface area (Å²) in [6.45, 7) is 15.0. The zero-order valence-corrected chi connectivity index (χ0v) is 24.7. The molecule has 1 fully saturated rings. The molecule has 1 saturated heterocycles. The highest BCUT2D eigenvalue weighted by Gasteiger charge is 2.39. The number of phenolic OH excluding ortho intramolecular Hbond substituents is 1. The summed E-state index contributed by atoms with van der Waals surface area (Å²) in [6.07, 6.45) is 1.88. The van der Waals surface area contributed by atoms with Gasteiger partial charge in [0.25, 0.3) is 0 Å². The number of benzene rings is 2. The SMILES string of the molecule is Br.CCC[C@H]1CN(CC(=O)c2cc(C(C)(C)C)c(O)c(C(C)(C)C)c2)C(=N)[C@@H]1c1ccc(C(=O)O)cc1. The summed E-state index contributed by atoms with van der Waals surface area (Å²) < 4.78 is 0. The fourth-order valence-corrected chi connectivity index (χ4v) is 5.15. The predicted octanol–water partition coefficient (Wildman–Crippen LogP) is 6.94. The van der Waals surface area contributed by atoms with Gasteiger partial charge >= 0.3 is 5.97 Å². The van der Waals surface area contributed by atoms with Crippen LogP contribution >= 0.6 is 17.0 Å². The highest BCUT2D eigenvalue weighted by Crippen LogP contribution is 2.41. The number of carbonyl (C=O) groups is 2. The van der Waals surface area contributed by atoms with Crippen molar-refractivity contribution in [2.45, 2.75) is 78.1 Å². The monoisotopic (exact) mass is 572 g/mol. The van der Waals surface area contributed by atoms with E-state index >= 15 is 0 Å². The van der Waals surface area contributed by atoms with Crippen LogP contribution in [-0.2, 0) is 10.8 Å². The lowest BCUT2D eigenvalue weighted by Crippen LogP contribution is -2.32. The number of carboxylic acids is 1. The summed E-state index contributed by atoms with van der Waals surface area (Å²) >= 11 is 0. The van der Waals surface area contributed by atoms with E-state index in [1.807, 2.05) is 46.4 Å². The van der Waals surface area contributed by atoms with E-state index in [1.54, 1.807) is 36.4 Å². The van der Waals surface area contributed by atoms with Gasteiger partial charge in [0.05, 0.1) is 12.1 Å². The predicted molar refractivity (Wildman–Crippen MR) is 154 cm³/mol. The minimum Gasteiger partial charge on any atom is -0.507 e. The van der Waals surface area contributed by atoms with Gasteiger partial charge in [0.1, 0.15) is 11.6 Å². The molecule has 0 spiro atoms. The Hall–Kier alpha value is -2.67. The Morgan fingerprint density at radius 2 is 1.49 bits per heavy atom. The standard InChI is InChI=1S/C30H40N2O4.BrH/c1-8-9-20-16-32(27(31)25(20)18-10-12-19(13-11-18)28(35)36)17-24(33)21-14-22(29(2,3)4)26(34)23(15-21)30(5,6)7;/h10-15,20,25,31,34H,8-9,16-17H2,1-7H3,(H,35,36);1H/t20-,25+;/m0./s1. The van der Waals surface area contributed by atoms with Crippen LogP contribution < -0.4 is 0 Å². The number of halogens is 1. The average molecular weight is 574 g/mol. The van der Waals surface area contributed by atoms with E-state index in [1.165, 1.54) is 0 Å². The van der Waals surface area contributed by atoms with E-state index in [9.17, 15) is 19.8 Å². The smallest absolute Gasteiger partial charge is 0.335 e.